The maximum Gasteiger partial charge on any atom is 0.323 e. The van der Waals surface area contributed by atoms with Crippen LogP contribution in [0.3, 0.4) is 0 Å². The highest BCUT2D eigenvalue weighted by Crippen LogP contribution is 2.15. The number of aliphatic hydroxyl groups excluding tert-OH is 1. The average molecular weight is 269 g/mol. The molecule has 2 rings (SSSR count). The Balaban J connectivity index is 2.16. The van der Waals surface area contributed by atoms with Gasteiger partial charge < -0.3 is 15.2 Å². The standard InChI is InChI=1S/C10H12FN5O3/c1-7(10(11)17)15-6-8(12-13-15)5-14-4-2-3-9(14)16(18)19/h2-4,6-7,10,17H,5H2,1H3. The van der Waals surface area contributed by atoms with Crippen molar-refractivity contribution in [3.05, 3.63) is 40.3 Å². The first-order chi connectivity index (χ1) is 8.99. The summed E-state index contributed by atoms with van der Waals surface area (Å²) in [6, 6.07) is 2.07. The van der Waals surface area contributed by atoms with Gasteiger partial charge in [-0.05, 0) is 17.9 Å². The molecule has 2 heterocycles. The van der Waals surface area contributed by atoms with Crippen molar-refractivity contribution < 1.29 is 14.4 Å². The number of aromatic nitrogens is 4. The molecule has 1 N–H and O–H groups in total. The predicted octanol–water partition coefficient (Wildman–Crippen LogP) is 0.885. The molecule has 2 aromatic heterocycles. The van der Waals surface area contributed by atoms with E-state index in [0.717, 1.165) is 0 Å². The van der Waals surface area contributed by atoms with E-state index in [4.69, 9.17) is 5.11 Å². The van der Waals surface area contributed by atoms with E-state index in [0.29, 0.717) is 5.69 Å². The Labute approximate surface area is 107 Å². The summed E-state index contributed by atoms with van der Waals surface area (Å²) in [6.45, 7) is 1.60. The van der Waals surface area contributed by atoms with Crippen molar-refractivity contribution in [1.82, 2.24) is 19.6 Å². The quantitative estimate of drug-likeness (QED) is 0.641. The summed E-state index contributed by atoms with van der Waals surface area (Å²) in [5.74, 6) is -0.0619. The molecule has 0 spiro atoms. The van der Waals surface area contributed by atoms with E-state index in [1.807, 2.05) is 0 Å². The van der Waals surface area contributed by atoms with E-state index in [1.165, 1.54) is 28.4 Å². The summed E-state index contributed by atoms with van der Waals surface area (Å²) in [4.78, 5) is 10.2. The van der Waals surface area contributed by atoms with Crippen molar-refractivity contribution >= 4 is 5.82 Å². The molecule has 2 unspecified atom stereocenters. The summed E-state index contributed by atoms with van der Waals surface area (Å²) in [6.07, 6.45) is 0.942. The molecule has 2 atom stereocenters. The van der Waals surface area contributed by atoms with E-state index < -0.39 is 17.3 Å². The molecule has 0 aliphatic heterocycles. The number of hydrogen-bond donors (Lipinski definition) is 1. The molecule has 19 heavy (non-hydrogen) atoms. The Morgan fingerprint density at radius 1 is 1.63 bits per heavy atom. The first-order valence-corrected chi connectivity index (χ1v) is 5.51. The van der Waals surface area contributed by atoms with Gasteiger partial charge in [-0.2, -0.15) is 0 Å². The third-order valence-corrected chi connectivity index (χ3v) is 2.70. The second-order valence-electron chi connectivity index (χ2n) is 4.05. The highest BCUT2D eigenvalue weighted by Gasteiger charge is 2.18. The summed E-state index contributed by atoms with van der Waals surface area (Å²) in [7, 11) is 0. The minimum Gasteiger partial charge on any atom is -0.362 e. The van der Waals surface area contributed by atoms with Crippen LogP contribution >= 0.6 is 0 Å². The summed E-state index contributed by atoms with van der Waals surface area (Å²) in [5.41, 5.74) is 0.437. The predicted molar refractivity (Wildman–Crippen MR) is 62.0 cm³/mol. The number of alkyl halides is 1. The third-order valence-electron chi connectivity index (χ3n) is 2.70. The zero-order chi connectivity index (χ0) is 14.0. The molecule has 0 radical (unpaired) electrons. The van der Waals surface area contributed by atoms with Gasteiger partial charge in [-0.1, -0.05) is 5.21 Å². The maximum absolute atomic E-state index is 12.7. The zero-order valence-electron chi connectivity index (χ0n) is 10.0. The van der Waals surface area contributed by atoms with Gasteiger partial charge >= 0.3 is 5.82 Å². The molecule has 0 aliphatic rings. The van der Waals surface area contributed by atoms with Crippen LogP contribution in [0, 0.1) is 10.1 Å². The number of hydrogen-bond acceptors (Lipinski definition) is 5. The van der Waals surface area contributed by atoms with Gasteiger partial charge in [0.25, 0.3) is 0 Å². The lowest BCUT2D eigenvalue weighted by atomic mass is 10.3. The Morgan fingerprint density at radius 3 is 3.00 bits per heavy atom. The molecular formula is C10H12FN5O3. The van der Waals surface area contributed by atoms with Gasteiger partial charge in [-0.3, -0.25) is 0 Å². The molecular weight excluding hydrogens is 257 g/mol. The van der Waals surface area contributed by atoms with E-state index in [-0.39, 0.29) is 12.4 Å². The fraction of sp³-hybridized carbons (Fsp3) is 0.400. The van der Waals surface area contributed by atoms with Crippen LogP contribution in [0.25, 0.3) is 0 Å². The van der Waals surface area contributed by atoms with Crippen molar-refractivity contribution in [3.63, 3.8) is 0 Å². The van der Waals surface area contributed by atoms with Crippen LogP contribution < -0.4 is 0 Å². The normalized spacial score (nSPS) is 14.3. The fourth-order valence-corrected chi connectivity index (χ4v) is 1.59. The topological polar surface area (TPSA) is 99.0 Å². The van der Waals surface area contributed by atoms with Crippen LogP contribution in [-0.4, -0.2) is 35.9 Å². The summed E-state index contributed by atoms with van der Waals surface area (Å²) < 4.78 is 15.3. The van der Waals surface area contributed by atoms with Crippen LogP contribution in [0.5, 0.6) is 0 Å². The Kier molecular flexibility index (Phi) is 3.56. The number of nitrogens with zero attached hydrogens (tertiary/aromatic N) is 5. The van der Waals surface area contributed by atoms with E-state index in [9.17, 15) is 14.5 Å². The molecule has 9 heteroatoms. The second kappa shape index (κ2) is 5.14. The molecule has 102 valence electrons. The van der Waals surface area contributed by atoms with Gasteiger partial charge in [-0.15, -0.1) is 5.10 Å². The summed E-state index contributed by atoms with van der Waals surface area (Å²) >= 11 is 0. The van der Waals surface area contributed by atoms with Crippen LogP contribution in [0.4, 0.5) is 10.2 Å². The van der Waals surface area contributed by atoms with Crippen LogP contribution in [0.1, 0.15) is 18.7 Å². The second-order valence-corrected chi connectivity index (χ2v) is 4.05. The molecule has 0 aliphatic carbocycles. The lowest BCUT2D eigenvalue weighted by Gasteiger charge is -2.10. The van der Waals surface area contributed by atoms with Gasteiger partial charge in [-0.25, -0.2) is 13.6 Å². The van der Waals surface area contributed by atoms with Crippen molar-refractivity contribution in [2.24, 2.45) is 0 Å². The van der Waals surface area contributed by atoms with Gasteiger partial charge in [0.1, 0.15) is 18.3 Å². The molecule has 0 saturated carbocycles. The largest absolute Gasteiger partial charge is 0.362 e. The lowest BCUT2D eigenvalue weighted by Crippen LogP contribution is -2.17. The highest BCUT2D eigenvalue weighted by atomic mass is 19.1. The van der Waals surface area contributed by atoms with Gasteiger partial charge in [0.15, 0.2) is 0 Å². The van der Waals surface area contributed by atoms with Crippen molar-refractivity contribution in [2.75, 3.05) is 0 Å². The Bertz CT molecular complexity index is 579. The minimum absolute atomic E-state index is 0.0619. The van der Waals surface area contributed by atoms with Crippen molar-refractivity contribution in [1.29, 1.82) is 0 Å². The third kappa shape index (κ3) is 2.76. The van der Waals surface area contributed by atoms with Gasteiger partial charge in [0, 0.05) is 6.07 Å². The maximum atomic E-state index is 12.7. The van der Waals surface area contributed by atoms with E-state index >= 15 is 0 Å². The molecule has 0 saturated heterocycles. The van der Waals surface area contributed by atoms with E-state index in [2.05, 4.69) is 10.3 Å². The number of aliphatic hydroxyl groups is 1. The monoisotopic (exact) mass is 269 g/mol. The molecule has 0 aromatic carbocycles. The Morgan fingerprint density at radius 2 is 2.37 bits per heavy atom. The molecule has 8 nitrogen and oxygen atoms in total. The Hall–Kier alpha value is -2.29. The molecule has 2 aromatic rings. The number of nitro groups is 1. The van der Waals surface area contributed by atoms with Gasteiger partial charge in [0.05, 0.1) is 12.4 Å². The fourth-order valence-electron chi connectivity index (χ4n) is 1.59. The molecule has 0 amide bonds. The SMILES string of the molecule is CC(C(O)F)n1cc(Cn2cccc2[N+](=O)[O-])nn1. The lowest BCUT2D eigenvalue weighted by molar-refractivity contribution is -0.391. The first-order valence-electron chi connectivity index (χ1n) is 5.51. The van der Waals surface area contributed by atoms with Crippen LogP contribution in [-0.2, 0) is 6.54 Å². The van der Waals surface area contributed by atoms with Crippen LogP contribution in [0.15, 0.2) is 24.5 Å². The van der Waals surface area contributed by atoms with Crippen molar-refractivity contribution in [3.8, 4) is 0 Å². The first kappa shape index (κ1) is 13.1. The number of halogens is 1. The zero-order valence-corrected chi connectivity index (χ0v) is 10.0. The number of rotatable bonds is 5. The molecule has 0 fully saturated rings. The average Bonchev–Trinajstić information content (AvgIpc) is 2.97. The summed E-state index contributed by atoms with van der Waals surface area (Å²) in [5, 5.41) is 27.0. The van der Waals surface area contributed by atoms with Crippen molar-refractivity contribution in [2.45, 2.75) is 25.9 Å². The smallest absolute Gasteiger partial charge is 0.323 e. The van der Waals surface area contributed by atoms with E-state index in [1.54, 1.807) is 12.3 Å². The minimum atomic E-state index is -2.05. The molecule has 0 bridgehead atoms. The van der Waals surface area contributed by atoms with Gasteiger partial charge in [0.2, 0.25) is 6.36 Å². The van der Waals surface area contributed by atoms with Crippen LogP contribution in [0.2, 0.25) is 0 Å². The highest BCUT2D eigenvalue weighted by molar-refractivity contribution is 5.22.